The average Bonchev–Trinajstić information content (AvgIpc) is 2.71. The fourth-order valence-electron chi connectivity index (χ4n) is 2.58. The number of hydrogen-bond acceptors (Lipinski definition) is 7. The van der Waals surface area contributed by atoms with Gasteiger partial charge in [-0.2, -0.15) is 10.2 Å². The Hall–Kier alpha value is -0.0500. The SMILES string of the molecule is CCCCc1ccc(N=Nc2ccc(OCCCCCOP(=O)([O-])[O-])cc2)cc1.[Na+].[Na+]. The monoisotopic (exact) mass is 464 g/mol. The Balaban J connectivity index is 0.00000450. The van der Waals surface area contributed by atoms with Crippen molar-refractivity contribution in [1.82, 2.24) is 0 Å². The number of unbranched alkanes of at least 4 members (excludes halogenated alkanes) is 3. The van der Waals surface area contributed by atoms with Crippen LogP contribution in [0, 0.1) is 0 Å². The van der Waals surface area contributed by atoms with Crippen molar-refractivity contribution in [1.29, 1.82) is 0 Å². The Bertz CT molecular complexity index is 798. The number of benzene rings is 2. The Morgan fingerprint density at radius 2 is 1.35 bits per heavy atom. The average molecular weight is 464 g/mol. The fourth-order valence-corrected chi connectivity index (χ4v) is 2.93. The number of ether oxygens (including phenoxy) is 1. The van der Waals surface area contributed by atoms with Gasteiger partial charge in [0, 0.05) is 0 Å². The van der Waals surface area contributed by atoms with Crippen LogP contribution in [0.2, 0.25) is 0 Å². The van der Waals surface area contributed by atoms with E-state index in [9.17, 15) is 14.4 Å². The standard InChI is InChI=1S/C21H29N2O5P.2Na/c1-2-3-7-18-8-10-19(11-9-18)22-23-20-12-14-21(15-13-20)27-16-5-4-6-17-28-29(24,25)26;;/h8-15H,2-7,16-17H2,1H3,(H2,24,25,26);;/q;2*+1/p-2. The second-order valence-corrected chi connectivity index (χ2v) is 7.81. The van der Waals surface area contributed by atoms with E-state index < -0.39 is 7.82 Å². The van der Waals surface area contributed by atoms with E-state index in [1.54, 1.807) is 0 Å². The molecule has 0 bridgehead atoms. The first kappa shape index (κ1) is 30.9. The van der Waals surface area contributed by atoms with E-state index in [0.29, 0.717) is 19.4 Å². The summed E-state index contributed by atoms with van der Waals surface area (Å²) in [6.45, 7) is 2.60. The molecular formula is C21H27N2Na2O5P. The van der Waals surface area contributed by atoms with Crippen molar-refractivity contribution < 1.29 is 82.7 Å². The van der Waals surface area contributed by atoms with Gasteiger partial charge in [-0.15, -0.1) is 0 Å². The molecule has 0 aliphatic heterocycles. The second-order valence-electron chi connectivity index (χ2n) is 6.65. The van der Waals surface area contributed by atoms with Gasteiger partial charge < -0.3 is 23.6 Å². The molecule has 0 unspecified atom stereocenters. The van der Waals surface area contributed by atoms with Gasteiger partial charge in [0.05, 0.1) is 32.4 Å². The summed E-state index contributed by atoms with van der Waals surface area (Å²) in [5.74, 6) is 0.726. The maximum Gasteiger partial charge on any atom is 1.00 e. The Morgan fingerprint density at radius 3 is 1.90 bits per heavy atom. The molecule has 2 rings (SSSR count). The normalized spacial score (nSPS) is 11.1. The molecule has 0 saturated heterocycles. The number of aryl methyl sites for hydroxylation is 1. The Morgan fingerprint density at radius 1 is 0.806 bits per heavy atom. The van der Waals surface area contributed by atoms with Crippen LogP contribution in [0.4, 0.5) is 11.4 Å². The van der Waals surface area contributed by atoms with E-state index in [4.69, 9.17) is 4.74 Å². The maximum absolute atomic E-state index is 10.3. The van der Waals surface area contributed by atoms with Crippen molar-refractivity contribution >= 4 is 19.2 Å². The molecule has 0 aromatic heterocycles. The van der Waals surface area contributed by atoms with Crippen LogP contribution in [0.15, 0.2) is 58.8 Å². The molecule has 0 radical (unpaired) electrons. The number of nitrogens with zero attached hydrogens (tertiary/aromatic N) is 2. The largest absolute Gasteiger partial charge is 1.00 e. The first-order chi connectivity index (χ1) is 14.0. The molecule has 0 aliphatic rings. The van der Waals surface area contributed by atoms with Gasteiger partial charge in [-0.25, -0.2) is 0 Å². The summed E-state index contributed by atoms with van der Waals surface area (Å²) in [5, 5.41) is 8.50. The van der Waals surface area contributed by atoms with Gasteiger partial charge in [0.15, 0.2) is 0 Å². The molecule has 2 aromatic rings. The molecule has 0 atom stereocenters. The zero-order valence-corrected chi connectivity index (χ0v) is 23.6. The second kappa shape index (κ2) is 17.4. The van der Waals surface area contributed by atoms with Crippen LogP contribution in [-0.4, -0.2) is 13.2 Å². The minimum Gasteiger partial charge on any atom is -0.790 e. The van der Waals surface area contributed by atoms with Crippen molar-refractivity contribution in [3.05, 3.63) is 54.1 Å². The van der Waals surface area contributed by atoms with Crippen LogP contribution in [0.1, 0.15) is 44.6 Å². The summed E-state index contributed by atoms with van der Waals surface area (Å²) < 4.78 is 20.1. The van der Waals surface area contributed by atoms with Crippen molar-refractivity contribution in [2.45, 2.75) is 45.4 Å². The van der Waals surface area contributed by atoms with E-state index in [2.05, 4.69) is 33.8 Å². The fraction of sp³-hybridized carbons (Fsp3) is 0.429. The van der Waals surface area contributed by atoms with Gasteiger partial charge in [0.2, 0.25) is 0 Å². The zero-order valence-electron chi connectivity index (χ0n) is 18.7. The first-order valence-electron chi connectivity index (χ1n) is 9.86. The topological polar surface area (TPSA) is 106 Å². The molecular weight excluding hydrogens is 437 g/mol. The molecule has 7 nitrogen and oxygen atoms in total. The summed E-state index contributed by atoms with van der Waals surface area (Å²) in [4.78, 5) is 20.6. The number of phosphoric ester groups is 1. The van der Waals surface area contributed by atoms with Crippen molar-refractivity contribution in [2.24, 2.45) is 10.2 Å². The van der Waals surface area contributed by atoms with Gasteiger partial charge in [0.25, 0.3) is 0 Å². The van der Waals surface area contributed by atoms with E-state index in [1.807, 2.05) is 36.4 Å². The number of azo groups is 1. The third-order valence-electron chi connectivity index (χ3n) is 4.18. The number of rotatable bonds is 13. The number of hydrogen-bond donors (Lipinski definition) is 0. The predicted octanol–water partition coefficient (Wildman–Crippen LogP) is -1.15. The maximum atomic E-state index is 10.3. The third-order valence-corrected chi connectivity index (χ3v) is 4.68. The zero-order chi connectivity index (χ0) is 21.0. The minimum absolute atomic E-state index is 0. The van der Waals surface area contributed by atoms with E-state index in [1.165, 1.54) is 18.4 Å². The molecule has 0 heterocycles. The van der Waals surface area contributed by atoms with Crippen LogP contribution >= 0.6 is 7.82 Å². The van der Waals surface area contributed by atoms with Crippen LogP contribution in [-0.2, 0) is 15.5 Å². The molecule has 2 aromatic carbocycles. The van der Waals surface area contributed by atoms with E-state index >= 15 is 0 Å². The van der Waals surface area contributed by atoms with Crippen molar-refractivity contribution in [2.75, 3.05) is 13.2 Å². The molecule has 0 spiro atoms. The summed E-state index contributed by atoms with van der Waals surface area (Å²) in [6, 6.07) is 15.5. The Kier molecular flexibility index (Phi) is 17.4. The molecule has 0 aliphatic carbocycles. The predicted molar refractivity (Wildman–Crippen MR) is 109 cm³/mol. The Labute approximate surface area is 228 Å². The summed E-state index contributed by atoms with van der Waals surface area (Å²) in [6.07, 6.45) is 5.41. The summed E-state index contributed by atoms with van der Waals surface area (Å²) in [5.41, 5.74) is 2.87. The quantitative estimate of drug-likeness (QED) is 0.161. The van der Waals surface area contributed by atoms with Gasteiger partial charge in [-0.1, -0.05) is 25.5 Å². The molecule has 0 saturated carbocycles. The van der Waals surface area contributed by atoms with Gasteiger partial charge in [-0.05, 0) is 74.1 Å². The third kappa shape index (κ3) is 14.7. The van der Waals surface area contributed by atoms with Crippen LogP contribution in [0.3, 0.4) is 0 Å². The molecule has 0 amide bonds. The van der Waals surface area contributed by atoms with Crippen molar-refractivity contribution in [3.63, 3.8) is 0 Å². The molecule has 158 valence electrons. The molecule has 0 N–H and O–H groups in total. The molecule has 0 fully saturated rings. The molecule has 10 heteroatoms. The van der Waals surface area contributed by atoms with Gasteiger partial charge in [0.1, 0.15) is 5.75 Å². The van der Waals surface area contributed by atoms with E-state index in [0.717, 1.165) is 30.0 Å². The smallest absolute Gasteiger partial charge is 0.790 e. The van der Waals surface area contributed by atoms with Crippen LogP contribution < -0.4 is 73.6 Å². The minimum atomic E-state index is -4.85. The summed E-state index contributed by atoms with van der Waals surface area (Å²) in [7, 11) is -4.85. The number of phosphoric acid groups is 1. The van der Waals surface area contributed by atoms with E-state index in [-0.39, 0.29) is 65.7 Å². The van der Waals surface area contributed by atoms with Gasteiger partial charge in [-0.3, -0.25) is 0 Å². The summed E-state index contributed by atoms with van der Waals surface area (Å²) >= 11 is 0. The van der Waals surface area contributed by atoms with Crippen LogP contribution in [0.25, 0.3) is 0 Å². The molecule has 31 heavy (non-hydrogen) atoms. The first-order valence-corrected chi connectivity index (χ1v) is 11.3. The van der Waals surface area contributed by atoms with Crippen molar-refractivity contribution in [3.8, 4) is 5.75 Å². The van der Waals surface area contributed by atoms with Gasteiger partial charge >= 0.3 is 59.1 Å². The van der Waals surface area contributed by atoms with Crippen LogP contribution in [0.5, 0.6) is 5.75 Å².